The summed E-state index contributed by atoms with van der Waals surface area (Å²) in [5.74, 6) is 0.291. The predicted molar refractivity (Wildman–Crippen MR) is 83.9 cm³/mol. The van der Waals surface area contributed by atoms with E-state index < -0.39 is 0 Å². The molecule has 1 aromatic heterocycles. The Balaban J connectivity index is 1.77. The fourth-order valence-corrected chi connectivity index (χ4v) is 2.79. The molecule has 1 fully saturated rings. The number of carbonyl (C=O) groups is 1. The second-order valence-electron chi connectivity index (χ2n) is 6.16. The number of rotatable bonds is 5. The van der Waals surface area contributed by atoms with Gasteiger partial charge in [0.15, 0.2) is 0 Å². The molecule has 0 bridgehead atoms. The van der Waals surface area contributed by atoms with Crippen LogP contribution in [0.15, 0.2) is 6.20 Å². The predicted octanol–water partition coefficient (Wildman–Crippen LogP) is 2.00. The van der Waals surface area contributed by atoms with E-state index in [1.165, 1.54) is 24.1 Å². The van der Waals surface area contributed by atoms with Crippen molar-refractivity contribution in [3.05, 3.63) is 17.5 Å². The second kappa shape index (κ2) is 7.59. The molecule has 0 unspecified atom stereocenters. The Labute approximate surface area is 127 Å². The monoisotopic (exact) mass is 292 g/mol. The first-order chi connectivity index (χ1) is 10.1. The van der Waals surface area contributed by atoms with Crippen LogP contribution in [0.1, 0.15) is 50.3 Å². The van der Waals surface area contributed by atoms with Crippen molar-refractivity contribution >= 4 is 5.91 Å². The topological polar surface area (TPSA) is 50.2 Å². The van der Waals surface area contributed by atoms with E-state index >= 15 is 0 Å². The molecule has 5 nitrogen and oxygen atoms in total. The summed E-state index contributed by atoms with van der Waals surface area (Å²) in [6.45, 7) is 6.80. The van der Waals surface area contributed by atoms with E-state index in [0.29, 0.717) is 12.3 Å². The molecule has 0 aromatic carbocycles. The molecule has 118 valence electrons. The first-order valence-corrected chi connectivity index (χ1v) is 8.06. The molecule has 5 heteroatoms. The standard InChI is InChI=1S/C16H28N4O/c1-13(17-11-15-12-18-19(3)14(15)2)10-16(21)20-8-6-4-5-7-9-20/h12-13,17H,4-11H2,1-3H3/t13-/m1/s1. The van der Waals surface area contributed by atoms with Gasteiger partial charge < -0.3 is 10.2 Å². The number of hydrogen-bond acceptors (Lipinski definition) is 3. The van der Waals surface area contributed by atoms with E-state index in [9.17, 15) is 4.79 Å². The molecule has 0 radical (unpaired) electrons. The first-order valence-electron chi connectivity index (χ1n) is 8.06. The smallest absolute Gasteiger partial charge is 0.224 e. The van der Waals surface area contributed by atoms with E-state index in [4.69, 9.17) is 0 Å². The van der Waals surface area contributed by atoms with Crippen molar-refractivity contribution in [1.29, 1.82) is 0 Å². The van der Waals surface area contributed by atoms with Crippen molar-refractivity contribution in [2.24, 2.45) is 7.05 Å². The average molecular weight is 292 g/mol. The van der Waals surface area contributed by atoms with Gasteiger partial charge in [-0.3, -0.25) is 9.48 Å². The molecule has 1 amide bonds. The van der Waals surface area contributed by atoms with Crippen molar-refractivity contribution in [2.75, 3.05) is 13.1 Å². The van der Waals surface area contributed by atoms with Crippen LogP contribution in [0.3, 0.4) is 0 Å². The molecule has 2 rings (SSSR count). The third kappa shape index (κ3) is 4.56. The van der Waals surface area contributed by atoms with Crippen LogP contribution < -0.4 is 5.32 Å². The third-order valence-electron chi connectivity index (χ3n) is 4.42. The van der Waals surface area contributed by atoms with Crippen LogP contribution in [0.2, 0.25) is 0 Å². The summed E-state index contributed by atoms with van der Waals surface area (Å²) in [4.78, 5) is 14.4. The van der Waals surface area contributed by atoms with E-state index in [1.54, 1.807) is 0 Å². The molecule has 21 heavy (non-hydrogen) atoms. The van der Waals surface area contributed by atoms with Crippen LogP contribution in [-0.2, 0) is 18.4 Å². The highest BCUT2D eigenvalue weighted by Gasteiger charge is 2.18. The number of nitrogens with one attached hydrogen (secondary N) is 1. The van der Waals surface area contributed by atoms with E-state index in [1.807, 2.05) is 22.8 Å². The zero-order chi connectivity index (χ0) is 15.2. The second-order valence-corrected chi connectivity index (χ2v) is 6.16. The van der Waals surface area contributed by atoms with Gasteiger partial charge in [-0.1, -0.05) is 12.8 Å². The van der Waals surface area contributed by atoms with Crippen LogP contribution in [0.25, 0.3) is 0 Å². The Bertz CT molecular complexity index is 461. The SMILES string of the molecule is Cc1c(CN[C@H](C)CC(=O)N2CCCCCC2)cnn1C. The van der Waals surface area contributed by atoms with Crippen LogP contribution in [-0.4, -0.2) is 39.7 Å². The van der Waals surface area contributed by atoms with E-state index in [2.05, 4.69) is 24.3 Å². The molecule has 1 N–H and O–H groups in total. The lowest BCUT2D eigenvalue weighted by Crippen LogP contribution is -2.37. The molecule has 0 saturated carbocycles. The Morgan fingerprint density at radius 1 is 1.33 bits per heavy atom. The zero-order valence-electron chi connectivity index (χ0n) is 13.6. The Morgan fingerprint density at radius 3 is 2.57 bits per heavy atom. The maximum atomic E-state index is 12.3. The van der Waals surface area contributed by atoms with Gasteiger partial charge in [0.25, 0.3) is 0 Å². The molecule has 1 aromatic rings. The molecule has 1 saturated heterocycles. The van der Waals surface area contributed by atoms with Gasteiger partial charge in [-0.15, -0.1) is 0 Å². The molecule has 0 spiro atoms. The number of carbonyl (C=O) groups excluding carboxylic acids is 1. The zero-order valence-corrected chi connectivity index (χ0v) is 13.6. The number of aryl methyl sites for hydroxylation is 1. The number of aromatic nitrogens is 2. The van der Waals surface area contributed by atoms with Gasteiger partial charge in [0, 0.05) is 50.4 Å². The highest BCUT2D eigenvalue weighted by molar-refractivity contribution is 5.76. The summed E-state index contributed by atoms with van der Waals surface area (Å²) in [5, 5.41) is 7.68. The lowest BCUT2D eigenvalue weighted by atomic mass is 10.2. The summed E-state index contributed by atoms with van der Waals surface area (Å²) in [5.41, 5.74) is 2.38. The minimum Gasteiger partial charge on any atom is -0.343 e. The number of likely N-dealkylation sites (tertiary alicyclic amines) is 1. The van der Waals surface area contributed by atoms with Crippen molar-refractivity contribution < 1.29 is 4.79 Å². The van der Waals surface area contributed by atoms with Gasteiger partial charge in [0.1, 0.15) is 0 Å². The molecular weight excluding hydrogens is 264 g/mol. The minimum atomic E-state index is 0.195. The van der Waals surface area contributed by atoms with E-state index in [-0.39, 0.29) is 6.04 Å². The van der Waals surface area contributed by atoms with Crippen molar-refractivity contribution in [1.82, 2.24) is 20.0 Å². The Morgan fingerprint density at radius 2 is 2.00 bits per heavy atom. The quantitative estimate of drug-likeness (QED) is 0.903. The molecule has 0 aliphatic carbocycles. The maximum Gasteiger partial charge on any atom is 0.224 e. The Kier molecular flexibility index (Phi) is 5.79. The first kappa shape index (κ1) is 16.0. The number of amides is 1. The molecule has 1 atom stereocenters. The minimum absolute atomic E-state index is 0.195. The fraction of sp³-hybridized carbons (Fsp3) is 0.750. The van der Waals surface area contributed by atoms with Crippen molar-refractivity contribution in [3.63, 3.8) is 0 Å². The van der Waals surface area contributed by atoms with Crippen molar-refractivity contribution in [2.45, 2.75) is 58.5 Å². The summed E-state index contributed by atoms with van der Waals surface area (Å²) < 4.78 is 1.88. The van der Waals surface area contributed by atoms with Gasteiger partial charge in [0.2, 0.25) is 5.91 Å². The molecule has 1 aliphatic heterocycles. The summed E-state index contributed by atoms with van der Waals surface area (Å²) in [6, 6.07) is 0.195. The highest BCUT2D eigenvalue weighted by Crippen LogP contribution is 2.12. The van der Waals surface area contributed by atoms with Crippen LogP contribution in [0, 0.1) is 6.92 Å². The normalized spacial score (nSPS) is 17.6. The average Bonchev–Trinajstić information content (AvgIpc) is 2.70. The van der Waals surface area contributed by atoms with Crippen molar-refractivity contribution in [3.8, 4) is 0 Å². The molecule has 1 aliphatic rings. The van der Waals surface area contributed by atoms with Gasteiger partial charge in [0.05, 0.1) is 6.20 Å². The molecule has 2 heterocycles. The maximum absolute atomic E-state index is 12.3. The highest BCUT2D eigenvalue weighted by atomic mass is 16.2. The van der Waals surface area contributed by atoms with E-state index in [0.717, 1.165) is 32.5 Å². The summed E-state index contributed by atoms with van der Waals surface area (Å²) >= 11 is 0. The fourth-order valence-electron chi connectivity index (χ4n) is 2.79. The third-order valence-corrected chi connectivity index (χ3v) is 4.42. The molecular formula is C16H28N4O. The lowest BCUT2D eigenvalue weighted by molar-refractivity contribution is -0.131. The lowest BCUT2D eigenvalue weighted by Gasteiger charge is -2.22. The van der Waals surface area contributed by atoms with Gasteiger partial charge in [-0.25, -0.2) is 0 Å². The summed E-state index contributed by atoms with van der Waals surface area (Å²) in [7, 11) is 1.95. The number of hydrogen-bond donors (Lipinski definition) is 1. The van der Waals surface area contributed by atoms with Gasteiger partial charge >= 0.3 is 0 Å². The van der Waals surface area contributed by atoms with Crippen LogP contribution in [0.5, 0.6) is 0 Å². The Hall–Kier alpha value is -1.36. The van der Waals surface area contributed by atoms with Crippen LogP contribution in [0.4, 0.5) is 0 Å². The summed E-state index contributed by atoms with van der Waals surface area (Å²) in [6.07, 6.45) is 7.31. The number of nitrogens with zero attached hydrogens (tertiary/aromatic N) is 3. The van der Waals surface area contributed by atoms with Gasteiger partial charge in [-0.05, 0) is 26.7 Å². The largest absolute Gasteiger partial charge is 0.343 e. The van der Waals surface area contributed by atoms with Gasteiger partial charge in [-0.2, -0.15) is 5.10 Å². The van der Waals surface area contributed by atoms with Crippen LogP contribution >= 0.6 is 0 Å².